The van der Waals surface area contributed by atoms with E-state index >= 15 is 0 Å². The number of hydrogen-bond donors (Lipinski definition) is 1. The molecule has 0 unspecified atom stereocenters. The van der Waals surface area contributed by atoms with E-state index < -0.39 is 11.9 Å². The molecule has 2 atom stereocenters. The largest absolute Gasteiger partial charge is 0.481 e. The van der Waals surface area contributed by atoms with Gasteiger partial charge in [-0.1, -0.05) is 6.92 Å². The molecule has 0 aromatic carbocycles. The molecular formula is C17H23N3O3. The minimum absolute atomic E-state index is 0.0217. The monoisotopic (exact) mass is 317 g/mol. The van der Waals surface area contributed by atoms with Gasteiger partial charge in [-0.3, -0.25) is 9.59 Å². The van der Waals surface area contributed by atoms with E-state index in [2.05, 4.69) is 9.88 Å². The average molecular weight is 317 g/mol. The number of likely N-dealkylation sites (tertiary alicyclic amines) is 1. The Kier molecular flexibility index (Phi) is 4.50. The minimum atomic E-state index is -0.824. The van der Waals surface area contributed by atoms with Crippen molar-refractivity contribution in [2.75, 3.05) is 31.1 Å². The second-order valence-electron chi connectivity index (χ2n) is 6.55. The molecular weight excluding hydrogens is 294 g/mol. The second-order valence-corrected chi connectivity index (χ2v) is 6.55. The molecule has 23 heavy (non-hydrogen) atoms. The first-order chi connectivity index (χ1) is 11.1. The number of nitrogens with zero attached hydrogens (tertiary/aromatic N) is 3. The number of carbonyl (C=O) groups excluding carboxylic acids is 1. The third-order valence-electron chi connectivity index (χ3n) is 4.89. The Labute approximate surface area is 136 Å². The summed E-state index contributed by atoms with van der Waals surface area (Å²) in [6.45, 7) is 4.51. The van der Waals surface area contributed by atoms with Gasteiger partial charge >= 0.3 is 5.97 Å². The number of carboxylic acids is 1. The molecule has 1 N–H and O–H groups in total. The highest BCUT2D eigenvalue weighted by molar-refractivity contribution is 5.99. The van der Waals surface area contributed by atoms with Crippen LogP contribution in [0.2, 0.25) is 0 Å². The van der Waals surface area contributed by atoms with E-state index in [1.54, 1.807) is 23.2 Å². The Bertz CT molecular complexity index is 599. The molecule has 3 rings (SSSR count). The maximum Gasteiger partial charge on any atom is 0.308 e. The highest BCUT2D eigenvalue weighted by Crippen LogP contribution is 2.28. The average Bonchev–Trinajstić information content (AvgIpc) is 2.97. The first kappa shape index (κ1) is 15.8. The van der Waals surface area contributed by atoms with Gasteiger partial charge in [0.1, 0.15) is 5.82 Å². The molecule has 1 aromatic rings. The molecule has 2 aliphatic rings. The van der Waals surface area contributed by atoms with Gasteiger partial charge in [0.05, 0.1) is 11.5 Å². The smallest absolute Gasteiger partial charge is 0.308 e. The van der Waals surface area contributed by atoms with Crippen molar-refractivity contribution < 1.29 is 14.7 Å². The summed E-state index contributed by atoms with van der Waals surface area (Å²) in [6, 6.07) is 3.58. The van der Waals surface area contributed by atoms with Crippen molar-refractivity contribution in [2.24, 2.45) is 11.8 Å². The van der Waals surface area contributed by atoms with Crippen molar-refractivity contribution in [2.45, 2.75) is 26.2 Å². The summed E-state index contributed by atoms with van der Waals surface area (Å²) in [5.41, 5.74) is 0.590. The Hall–Kier alpha value is -2.11. The van der Waals surface area contributed by atoms with Gasteiger partial charge in [0.25, 0.3) is 5.91 Å². The third-order valence-corrected chi connectivity index (χ3v) is 4.89. The zero-order valence-electron chi connectivity index (χ0n) is 13.4. The van der Waals surface area contributed by atoms with Gasteiger partial charge in [-0.15, -0.1) is 0 Å². The van der Waals surface area contributed by atoms with E-state index in [1.165, 1.54) is 6.42 Å². The molecule has 2 fully saturated rings. The van der Waals surface area contributed by atoms with E-state index in [4.69, 9.17) is 0 Å². The number of hydrogen-bond acceptors (Lipinski definition) is 4. The topological polar surface area (TPSA) is 73.7 Å². The van der Waals surface area contributed by atoms with Crippen LogP contribution < -0.4 is 4.90 Å². The van der Waals surface area contributed by atoms with Crippen LogP contribution in [-0.4, -0.2) is 53.0 Å². The SMILES string of the molecule is C[C@@H]1CN(C(=O)c2cccnc2N2CCCCC2)C[C@H]1C(=O)O. The third kappa shape index (κ3) is 3.16. The lowest BCUT2D eigenvalue weighted by molar-refractivity contribution is -0.142. The van der Waals surface area contributed by atoms with E-state index in [9.17, 15) is 14.7 Å². The maximum atomic E-state index is 12.9. The molecule has 1 amide bonds. The standard InChI is InChI=1S/C17H23N3O3/c1-12-10-20(11-14(12)17(22)23)16(21)13-6-5-7-18-15(13)19-8-3-2-4-9-19/h5-7,12,14H,2-4,8-11H2,1H3,(H,22,23)/t12-,14-/m1/s1. The first-order valence-corrected chi connectivity index (χ1v) is 8.30. The Morgan fingerprint density at radius 1 is 1.22 bits per heavy atom. The number of piperidine rings is 1. The first-order valence-electron chi connectivity index (χ1n) is 8.30. The molecule has 6 nitrogen and oxygen atoms in total. The molecule has 2 saturated heterocycles. The number of rotatable bonds is 3. The fourth-order valence-electron chi connectivity index (χ4n) is 3.55. The van der Waals surface area contributed by atoms with E-state index in [0.717, 1.165) is 31.7 Å². The lowest BCUT2D eigenvalue weighted by atomic mass is 9.99. The minimum Gasteiger partial charge on any atom is -0.481 e. The van der Waals surface area contributed by atoms with Crippen molar-refractivity contribution in [1.29, 1.82) is 0 Å². The second kappa shape index (κ2) is 6.56. The quantitative estimate of drug-likeness (QED) is 0.921. The van der Waals surface area contributed by atoms with E-state index in [1.807, 2.05) is 6.92 Å². The summed E-state index contributed by atoms with van der Waals surface area (Å²) < 4.78 is 0. The number of aromatic nitrogens is 1. The molecule has 124 valence electrons. The van der Waals surface area contributed by atoms with Crippen LogP contribution in [0.4, 0.5) is 5.82 Å². The van der Waals surface area contributed by atoms with Crippen LogP contribution in [0.3, 0.4) is 0 Å². The summed E-state index contributed by atoms with van der Waals surface area (Å²) in [4.78, 5) is 32.4. The van der Waals surface area contributed by atoms with Crippen LogP contribution in [0.15, 0.2) is 18.3 Å². The fourth-order valence-corrected chi connectivity index (χ4v) is 3.55. The van der Waals surface area contributed by atoms with E-state index in [0.29, 0.717) is 12.1 Å². The predicted octanol–water partition coefficient (Wildman–Crippen LogP) is 1.86. The summed E-state index contributed by atoms with van der Waals surface area (Å²) in [5.74, 6) is -0.686. The lowest BCUT2D eigenvalue weighted by Gasteiger charge is -2.29. The van der Waals surface area contributed by atoms with Crippen LogP contribution in [0.1, 0.15) is 36.5 Å². The molecule has 0 aliphatic carbocycles. The molecule has 0 spiro atoms. The van der Waals surface area contributed by atoms with Crippen LogP contribution >= 0.6 is 0 Å². The summed E-state index contributed by atoms with van der Waals surface area (Å²) in [6.07, 6.45) is 5.17. The van der Waals surface area contributed by atoms with Gasteiger partial charge < -0.3 is 14.9 Å². The predicted molar refractivity (Wildman–Crippen MR) is 86.5 cm³/mol. The molecule has 1 aromatic heterocycles. The summed E-state index contributed by atoms with van der Waals surface area (Å²) in [5, 5.41) is 9.25. The Balaban J connectivity index is 1.81. The van der Waals surface area contributed by atoms with Crippen LogP contribution in [0.25, 0.3) is 0 Å². The number of carboxylic acid groups (broad SMARTS) is 1. The molecule has 6 heteroatoms. The van der Waals surface area contributed by atoms with Gasteiger partial charge in [-0.05, 0) is 37.3 Å². The number of anilines is 1. The molecule has 0 saturated carbocycles. The molecule has 2 aliphatic heterocycles. The zero-order valence-corrected chi connectivity index (χ0v) is 13.4. The van der Waals surface area contributed by atoms with Crippen LogP contribution in [0, 0.1) is 11.8 Å². The van der Waals surface area contributed by atoms with Crippen molar-refractivity contribution in [3.05, 3.63) is 23.9 Å². The Morgan fingerprint density at radius 3 is 2.61 bits per heavy atom. The van der Waals surface area contributed by atoms with Crippen molar-refractivity contribution in [1.82, 2.24) is 9.88 Å². The molecule has 0 radical (unpaired) electrons. The highest BCUT2D eigenvalue weighted by Gasteiger charge is 2.38. The molecule has 3 heterocycles. The van der Waals surface area contributed by atoms with Crippen LogP contribution in [0.5, 0.6) is 0 Å². The highest BCUT2D eigenvalue weighted by atomic mass is 16.4. The number of pyridine rings is 1. The number of carbonyl (C=O) groups is 2. The van der Waals surface area contributed by atoms with Crippen molar-refractivity contribution in [3.63, 3.8) is 0 Å². The summed E-state index contributed by atoms with van der Waals surface area (Å²) >= 11 is 0. The van der Waals surface area contributed by atoms with Crippen molar-refractivity contribution in [3.8, 4) is 0 Å². The van der Waals surface area contributed by atoms with E-state index in [-0.39, 0.29) is 18.4 Å². The van der Waals surface area contributed by atoms with Crippen molar-refractivity contribution >= 4 is 17.7 Å². The zero-order chi connectivity index (χ0) is 16.4. The van der Waals surface area contributed by atoms with Gasteiger partial charge in [0.2, 0.25) is 0 Å². The molecule has 0 bridgehead atoms. The van der Waals surface area contributed by atoms with Gasteiger partial charge in [0, 0.05) is 32.4 Å². The van der Waals surface area contributed by atoms with Gasteiger partial charge in [-0.2, -0.15) is 0 Å². The summed E-state index contributed by atoms with van der Waals surface area (Å²) in [7, 11) is 0. The van der Waals surface area contributed by atoms with Gasteiger partial charge in [0.15, 0.2) is 0 Å². The lowest BCUT2D eigenvalue weighted by Crippen LogP contribution is -2.35. The maximum absolute atomic E-state index is 12.9. The normalized spacial score (nSPS) is 24.7. The number of amides is 1. The van der Waals surface area contributed by atoms with Crippen LogP contribution in [-0.2, 0) is 4.79 Å². The fraction of sp³-hybridized carbons (Fsp3) is 0.588. The number of aliphatic carboxylic acids is 1. The Morgan fingerprint density at radius 2 is 1.96 bits per heavy atom. The van der Waals surface area contributed by atoms with Gasteiger partial charge in [-0.25, -0.2) is 4.98 Å².